The summed E-state index contributed by atoms with van der Waals surface area (Å²) in [5.74, 6) is -0.806. The number of nitrogens with zero attached hydrogens (tertiary/aromatic N) is 3. The highest BCUT2D eigenvalue weighted by Gasteiger charge is 2.28. The van der Waals surface area contributed by atoms with E-state index in [1.165, 1.54) is 14.1 Å². The number of hydrogen-bond donors (Lipinski definition) is 2. The van der Waals surface area contributed by atoms with E-state index in [2.05, 4.69) is 14.8 Å². The van der Waals surface area contributed by atoms with Crippen LogP contribution in [0.1, 0.15) is 16.1 Å². The first-order chi connectivity index (χ1) is 18.1. The van der Waals surface area contributed by atoms with Crippen molar-refractivity contribution in [1.29, 1.82) is 0 Å². The molecule has 5 aromatic rings. The molecule has 0 atom stereocenters. The molecule has 1 amide bonds. The quantitative estimate of drug-likeness (QED) is 0.267. The van der Waals surface area contributed by atoms with Crippen LogP contribution in [0.4, 0.5) is 0 Å². The maximum Gasteiger partial charge on any atom is 0.303 e. The molecule has 0 spiro atoms. The highest BCUT2D eigenvalue weighted by atomic mass is 35.5. The molecule has 0 aliphatic carbocycles. The monoisotopic (exact) mass is 567 g/mol. The van der Waals surface area contributed by atoms with Gasteiger partial charge in [0.15, 0.2) is 0 Å². The van der Waals surface area contributed by atoms with Gasteiger partial charge in [0, 0.05) is 46.2 Å². The average Bonchev–Trinajstić information content (AvgIpc) is 3.46. The zero-order chi connectivity index (χ0) is 27.0. The summed E-state index contributed by atoms with van der Waals surface area (Å²) in [5, 5.41) is 6.46. The van der Waals surface area contributed by atoms with Crippen LogP contribution < -0.4 is 4.72 Å². The van der Waals surface area contributed by atoms with Gasteiger partial charge >= 0.3 is 10.2 Å². The highest BCUT2D eigenvalue weighted by molar-refractivity contribution is 7.87. The molecule has 11 heteroatoms. The topological polar surface area (TPSA) is 100 Å². The van der Waals surface area contributed by atoms with Crippen LogP contribution in [0.15, 0.2) is 79.0 Å². The summed E-state index contributed by atoms with van der Waals surface area (Å²) in [5.41, 5.74) is 4.42. The van der Waals surface area contributed by atoms with Crippen molar-refractivity contribution in [3.05, 3.63) is 100 Å². The normalized spacial score (nSPS) is 11.8. The van der Waals surface area contributed by atoms with E-state index < -0.39 is 16.1 Å². The van der Waals surface area contributed by atoms with Gasteiger partial charge in [-0.1, -0.05) is 71.7 Å². The Bertz CT molecular complexity index is 1750. The Morgan fingerprint density at radius 2 is 1.68 bits per heavy atom. The van der Waals surface area contributed by atoms with Gasteiger partial charge in [0.25, 0.3) is 5.91 Å². The third-order valence-corrected chi connectivity index (χ3v) is 7.99. The third-order valence-electron chi connectivity index (χ3n) is 6.10. The maximum atomic E-state index is 13.5. The second-order valence-electron chi connectivity index (χ2n) is 8.84. The minimum absolute atomic E-state index is 0.0720. The lowest BCUT2D eigenvalue weighted by Crippen LogP contribution is -2.39. The molecule has 2 heterocycles. The van der Waals surface area contributed by atoms with Crippen LogP contribution in [0, 0.1) is 0 Å². The second kappa shape index (κ2) is 10.3. The van der Waals surface area contributed by atoms with E-state index in [-0.39, 0.29) is 5.69 Å². The molecule has 0 bridgehead atoms. The third kappa shape index (κ3) is 5.06. The second-order valence-corrected chi connectivity index (χ2v) is 11.6. The fourth-order valence-electron chi connectivity index (χ4n) is 4.21. The number of nitrogens with one attached hydrogen (secondary N) is 2. The lowest BCUT2D eigenvalue weighted by molar-refractivity contribution is 0.0976. The number of carbonyl (C=O) groups is 1. The number of H-pyrrole nitrogens is 1. The summed E-state index contributed by atoms with van der Waals surface area (Å²) >= 11 is 12.3. The number of hydrogen-bond acceptors (Lipinski definition) is 4. The van der Waals surface area contributed by atoms with E-state index in [9.17, 15) is 13.2 Å². The lowest BCUT2D eigenvalue weighted by Gasteiger charge is -2.14. The van der Waals surface area contributed by atoms with Crippen molar-refractivity contribution < 1.29 is 13.2 Å². The van der Waals surface area contributed by atoms with Gasteiger partial charge in [0.05, 0.1) is 18.4 Å². The molecule has 2 aromatic heterocycles. The van der Waals surface area contributed by atoms with E-state index in [0.717, 1.165) is 21.0 Å². The predicted octanol–water partition coefficient (Wildman–Crippen LogP) is 5.59. The summed E-state index contributed by atoms with van der Waals surface area (Å²) in [6.45, 7) is 0.386. The van der Waals surface area contributed by atoms with Crippen molar-refractivity contribution >= 4 is 50.2 Å². The number of aromatic amines is 1. The Labute approximate surface area is 230 Å². The number of halogens is 2. The van der Waals surface area contributed by atoms with Gasteiger partial charge in [0.2, 0.25) is 0 Å². The van der Waals surface area contributed by atoms with Crippen LogP contribution in [-0.2, 0) is 16.8 Å². The Hall–Kier alpha value is -3.63. The number of fused-ring (bicyclic) bond motifs is 1. The van der Waals surface area contributed by atoms with Gasteiger partial charge in [-0.05, 0) is 35.4 Å². The van der Waals surface area contributed by atoms with Crippen LogP contribution >= 0.6 is 23.2 Å². The van der Waals surface area contributed by atoms with E-state index in [4.69, 9.17) is 23.2 Å². The largest absolute Gasteiger partial charge is 0.350 e. The molecule has 0 aliphatic heterocycles. The van der Waals surface area contributed by atoms with E-state index in [1.807, 2.05) is 42.5 Å². The molecule has 194 valence electrons. The Morgan fingerprint density at radius 3 is 2.37 bits per heavy atom. The fraction of sp³-hybridized carbons (Fsp3) is 0.111. The Morgan fingerprint density at radius 1 is 1.00 bits per heavy atom. The van der Waals surface area contributed by atoms with Crippen molar-refractivity contribution in [2.75, 3.05) is 14.1 Å². The summed E-state index contributed by atoms with van der Waals surface area (Å²) in [4.78, 5) is 16.6. The number of rotatable bonds is 7. The summed E-state index contributed by atoms with van der Waals surface area (Å²) in [6, 6.07) is 22.3. The predicted molar refractivity (Wildman–Crippen MR) is 151 cm³/mol. The molecule has 3 aromatic carbocycles. The van der Waals surface area contributed by atoms with Gasteiger partial charge in [0.1, 0.15) is 5.69 Å². The van der Waals surface area contributed by atoms with Crippen LogP contribution in [0.2, 0.25) is 10.0 Å². The van der Waals surface area contributed by atoms with E-state index in [1.54, 1.807) is 41.2 Å². The number of aromatic nitrogens is 3. The molecule has 0 radical (unpaired) electrons. The number of carbonyl (C=O) groups excluding carboxylic acids is 1. The fourth-order valence-corrected chi connectivity index (χ4v) is 5.02. The molecule has 5 rings (SSSR count). The van der Waals surface area contributed by atoms with Crippen LogP contribution in [0.25, 0.3) is 33.3 Å². The molecule has 0 fully saturated rings. The molecule has 0 unspecified atom stereocenters. The van der Waals surface area contributed by atoms with Crippen molar-refractivity contribution in [2.24, 2.45) is 0 Å². The Balaban J connectivity index is 1.77. The Kier molecular flexibility index (Phi) is 7.02. The van der Waals surface area contributed by atoms with Gasteiger partial charge < -0.3 is 4.98 Å². The van der Waals surface area contributed by atoms with Crippen molar-refractivity contribution in [2.45, 2.75) is 6.54 Å². The molecule has 0 saturated carbocycles. The number of benzene rings is 3. The molecular formula is C27H23Cl2N5O3S. The smallest absolute Gasteiger partial charge is 0.303 e. The molecule has 2 N–H and O–H groups in total. The van der Waals surface area contributed by atoms with Crippen LogP contribution in [-0.4, -0.2) is 47.5 Å². The maximum absolute atomic E-state index is 13.5. The first-order valence-electron chi connectivity index (χ1n) is 11.6. The zero-order valence-corrected chi connectivity index (χ0v) is 22.8. The minimum Gasteiger partial charge on any atom is -0.350 e. The van der Waals surface area contributed by atoms with Crippen molar-refractivity contribution in [1.82, 2.24) is 23.8 Å². The highest BCUT2D eigenvalue weighted by Crippen LogP contribution is 2.40. The van der Waals surface area contributed by atoms with Gasteiger partial charge in [-0.15, -0.1) is 0 Å². The zero-order valence-electron chi connectivity index (χ0n) is 20.4. The van der Waals surface area contributed by atoms with Crippen LogP contribution in [0.3, 0.4) is 0 Å². The van der Waals surface area contributed by atoms with Crippen LogP contribution in [0.5, 0.6) is 0 Å². The molecule has 0 saturated heterocycles. The number of amides is 1. The van der Waals surface area contributed by atoms with Gasteiger partial charge in [-0.3, -0.25) is 9.48 Å². The van der Waals surface area contributed by atoms with E-state index >= 15 is 0 Å². The standard InChI is InChI=1S/C27H23Cl2N5O3S/c1-33(2)38(36,37)32-27(35)25-24(21-13-12-20(29)14-23(21)31-25)26-22(18-6-4-3-5-7-18)15-30-34(26)16-17-8-10-19(28)11-9-17/h3-15,31H,16H2,1-2H3,(H,32,35). The molecule has 38 heavy (non-hydrogen) atoms. The summed E-state index contributed by atoms with van der Waals surface area (Å²) in [7, 11) is -1.36. The minimum atomic E-state index is -4.05. The molecule has 8 nitrogen and oxygen atoms in total. The average molecular weight is 568 g/mol. The van der Waals surface area contributed by atoms with Gasteiger partial charge in [-0.25, -0.2) is 4.72 Å². The first kappa shape index (κ1) is 26.0. The van der Waals surface area contributed by atoms with E-state index in [0.29, 0.717) is 38.8 Å². The summed E-state index contributed by atoms with van der Waals surface area (Å²) in [6.07, 6.45) is 1.74. The SMILES string of the molecule is CN(C)S(=O)(=O)NC(=O)c1[nH]c2cc(Cl)ccc2c1-c1c(-c2ccccc2)cnn1Cc1ccc(Cl)cc1. The molecule has 0 aliphatic rings. The lowest BCUT2D eigenvalue weighted by atomic mass is 9.98. The molecular weight excluding hydrogens is 545 g/mol. The van der Waals surface area contributed by atoms with Gasteiger partial charge in [-0.2, -0.15) is 17.8 Å². The first-order valence-corrected chi connectivity index (χ1v) is 13.8. The van der Waals surface area contributed by atoms with Crippen molar-refractivity contribution in [3.63, 3.8) is 0 Å². The van der Waals surface area contributed by atoms with Crippen molar-refractivity contribution in [3.8, 4) is 22.4 Å². The summed E-state index contributed by atoms with van der Waals surface area (Å²) < 4.78 is 29.9.